The van der Waals surface area contributed by atoms with Gasteiger partial charge in [-0.3, -0.25) is 9.69 Å². The molecule has 2 heterocycles. The van der Waals surface area contributed by atoms with Crippen molar-refractivity contribution in [2.24, 2.45) is 11.7 Å². The third-order valence-electron chi connectivity index (χ3n) is 2.83. The highest BCUT2D eigenvalue weighted by Gasteiger charge is 2.21. The van der Waals surface area contributed by atoms with Gasteiger partial charge < -0.3 is 10.5 Å². The Labute approximate surface area is 105 Å². The summed E-state index contributed by atoms with van der Waals surface area (Å²) in [7, 11) is 0. The lowest BCUT2D eigenvalue weighted by molar-refractivity contribution is -0.119. The van der Waals surface area contributed by atoms with Gasteiger partial charge in [0.1, 0.15) is 0 Å². The van der Waals surface area contributed by atoms with Crippen LogP contribution >= 0.6 is 11.3 Å². The minimum atomic E-state index is -0.258. The van der Waals surface area contributed by atoms with E-state index in [1.807, 2.05) is 5.38 Å². The standard InChI is InChI=1S/C11H17N3O2S/c12-10(15)7-14-4-1-2-9(6-14)8-16-11-13-3-5-17-11/h3,5,9H,1-2,4,6-8H2,(H2,12,15). The molecule has 1 aliphatic heterocycles. The van der Waals surface area contributed by atoms with Gasteiger partial charge in [-0.25, -0.2) is 4.98 Å². The van der Waals surface area contributed by atoms with Crippen molar-refractivity contribution in [3.8, 4) is 5.19 Å². The number of carbonyl (C=O) groups excluding carboxylic acids is 1. The number of aromatic nitrogens is 1. The van der Waals surface area contributed by atoms with Crippen LogP contribution in [0.3, 0.4) is 0 Å². The van der Waals surface area contributed by atoms with Gasteiger partial charge in [-0.1, -0.05) is 11.3 Å². The van der Waals surface area contributed by atoms with Crippen LogP contribution in [0, 0.1) is 5.92 Å². The molecule has 17 heavy (non-hydrogen) atoms. The number of hydrogen-bond acceptors (Lipinski definition) is 5. The molecule has 0 spiro atoms. The number of hydrogen-bond donors (Lipinski definition) is 1. The second-order valence-electron chi connectivity index (χ2n) is 4.32. The van der Waals surface area contributed by atoms with Gasteiger partial charge in [0.2, 0.25) is 5.91 Å². The van der Waals surface area contributed by atoms with E-state index in [0.29, 0.717) is 19.1 Å². The van der Waals surface area contributed by atoms with E-state index in [1.165, 1.54) is 11.3 Å². The number of nitrogens with two attached hydrogens (primary N) is 1. The second-order valence-corrected chi connectivity index (χ2v) is 5.18. The quantitative estimate of drug-likeness (QED) is 0.841. The monoisotopic (exact) mass is 255 g/mol. The van der Waals surface area contributed by atoms with E-state index >= 15 is 0 Å². The van der Waals surface area contributed by atoms with Gasteiger partial charge >= 0.3 is 0 Å². The number of piperidine rings is 1. The Bertz CT molecular complexity index is 356. The molecule has 5 nitrogen and oxygen atoms in total. The van der Waals surface area contributed by atoms with Gasteiger partial charge in [0.05, 0.1) is 13.2 Å². The lowest BCUT2D eigenvalue weighted by atomic mass is 9.99. The van der Waals surface area contributed by atoms with E-state index in [4.69, 9.17) is 10.5 Å². The third-order valence-corrected chi connectivity index (χ3v) is 3.52. The molecule has 6 heteroatoms. The first-order valence-electron chi connectivity index (χ1n) is 5.77. The maximum atomic E-state index is 10.9. The Balaban J connectivity index is 1.75. The average Bonchev–Trinajstić information content (AvgIpc) is 2.79. The molecule has 2 rings (SSSR count). The summed E-state index contributed by atoms with van der Waals surface area (Å²) in [6, 6.07) is 0. The van der Waals surface area contributed by atoms with Crippen molar-refractivity contribution in [2.45, 2.75) is 12.8 Å². The summed E-state index contributed by atoms with van der Waals surface area (Å²) in [5.74, 6) is 0.207. The molecule has 0 bridgehead atoms. The van der Waals surface area contributed by atoms with E-state index < -0.39 is 0 Å². The summed E-state index contributed by atoms with van der Waals surface area (Å²) >= 11 is 1.50. The van der Waals surface area contributed by atoms with Gasteiger partial charge in [-0.15, -0.1) is 0 Å². The van der Waals surface area contributed by atoms with Crippen LogP contribution in [0.1, 0.15) is 12.8 Å². The normalized spacial score (nSPS) is 21.3. The topological polar surface area (TPSA) is 68.5 Å². The molecule has 0 aromatic carbocycles. The van der Waals surface area contributed by atoms with Crippen LogP contribution in [0.5, 0.6) is 5.19 Å². The van der Waals surface area contributed by atoms with Gasteiger partial charge in [-0.05, 0) is 19.4 Å². The molecule has 0 radical (unpaired) electrons. The fourth-order valence-electron chi connectivity index (χ4n) is 2.12. The first-order valence-corrected chi connectivity index (χ1v) is 6.65. The molecule has 2 N–H and O–H groups in total. The highest BCUT2D eigenvalue weighted by molar-refractivity contribution is 7.11. The summed E-state index contributed by atoms with van der Waals surface area (Å²) in [4.78, 5) is 17.0. The van der Waals surface area contributed by atoms with Crippen LogP contribution in [0.4, 0.5) is 0 Å². The molecule has 1 saturated heterocycles. The zero-order valence-electron chi connectivity index (χ0n) is 9.67. The number of carbonyl (C=O) groups is 1. The zero-order valence-corrected chi connectivity index (χ0v) is 10.5. The van der Waals surface area contributed by atoms with E-state index in [0.717, 1.165) is 31.1 Å². The van der Waals surface area contributed by atoms with Crippen LogP contribution in [0.2, 0.25) is 0 Å². The molecule has 1 unspecified atom stereocenters. The lowest BCUT2D eigenvalue weighted by Gasteiger charge is -2.31. The zero-order chi connectivity index (χ0) is 12.1. The molecule has 94 valence electrons. The van der Waals surface area contributed by atoms with Crippen LogP contribution in [0.25, 0.3) is 0 Å². The second kappa shape index (κ2) is 5.97. The molecular formula is C11H17N3O2S. The maximum Gasteiger partial charge on any atom is 0.273 e. The van der Waals surface area contributed by atoms with Crippen LogP contribution in [-0.2, 0) is 4.79 Å². The summed E-state index contributed by atoms with van der Waals surface area (Å²) in [5, 5.41) is 2.62. The number of nitrogens with zero attached hydrogens (tertiary/aromatic N) is 2. The Morgan fingerprint density at radius 1 is 1.71 bits per heavy atom. The van der Waals surface area contributed by atoms with E-state index in [9.17, 15) is 4.79 Å². The highest BCUT2D eigenvalue weighted by atomic mass is 32.1. The average molecular weight is 255 g/mol. The van der Waals surface area contributed by atoms with Crippen molar-refractivity contribution in [3.05, 3.63) is 11.6 Å². The van der Waals surface area contributed by atoms with Gasteiger partial charge in [-0.2, -0.15) is 0 Å². The molecule has 1 atom stereocenters. The minimum absolute atomic E-state index is 0.258. The number of primary amides is 1. The first-order chi connectivity index (χ1) is 8.24. The van der Waals surface area contributed by atoms with Crippen molar-refractivity contribution in [1.82, 2.24) is 9.88 Å². The van der Waals surface area contributed by atoms with Crippen molar-refractivity contribution in [2.75, 3.05) is 26.2 Å². The number of ether oxygens (including phenoxy) is 1. The smallest absolute Gasteiger partial charge is 0.273 e. The van der Waals surface area contributed by atoms with Gasteiger partial charge in [0.15, 0.2) is 0 Å². The molecule has 1 aromatic rings. The Kier molecular flexibility index (Phi) is 4.33. The Morgan fingerprint density at radius 3 is 3.29 bits per heavy atom. The SMILES string of the molecule is NC(=O)CN1CCCC(COc2nccs2)C1. The number of amides is 1. The van der Waals surface area contributed by atoms with Gasteiger partial charge in [0, 0.05) is 24.0 Å². The molecule has 0 aliphatic carbocycles. The molecule has 1 aliphatic rings. The van der Waals surface area contributed by atoms with E-state index in [1.54, 1.807) is 6.20 Å². The molecule has 1 aromatic heterocycles. The molecule has 0 saturated carbocycles. The number of rotatable bonds is 5. The largest absolute Gasteiger partial charge is 0.470 e. The summed E-state index contributed by atoms with van der Waals surface area (Å²) in [6.07, 6.45) is 3.97. The van der Waals surface area contributed by atoms with Crippen molar-refractivity contribution >= 4 is 17.2 Å². The van der Waals surface area contributed by atoms with Crippen LogP contribution in [0.15, 0.2) is 11.6 Å². The predicted molar refractivity (Wildman–Crippen MR) is 66.0 cm³/mol. The molecule has 1 amide bonds. The van der Waals surface area contributed by atoms with Crippen molar-refractivity contribution < 1.29 is 9.53 Å². The molecular weight excluding hydrogens is 238 g/mol. The Hall–Kier alpha value is -1.14. The van der Waals surface area contributed by atoms with E-state index in [-0.39, 0.29) is 5.91 Å². The summed E-state index contributed by atoms with van der Waals surface area (Å²) in [5.41, 5.74) is 5.20. The summed E-state index contributed by atoms with van der Waals surface area (Å²) in [6.45, 7) is 2.86. The van der Waals surface area contributed by atoms with Gasteiger partial charge in [0.25, 0.3) is 5.19 Å². The maximum absolute atomic E-state index is 10.9. The Morgan fingerprint density at radius 2 is 2.59 bits per heavy atom. The highest BCUT2D eigenvalue weighted by Crippen LogP contribution is 2.19. The number of likely N-dealkylation sites (tertiary alicyclic amines) is 1. The van der Waals surface area contributed by atoms with Crippen molar-refractivity contribution in [1.29, 1.82) is 0 Å². The summed E-state index contributed by atoms with van der Waals surface area (Å²) < 4.78 is 5.60. The fraction of sp³-hybridized carbons (Fsp3) is 0.636. The van der Waals surface area contributed by atoms with Crippen molar-refractivity contribution in [3.63, 3.8) is 0 Å². The van der Waals surface area contributed by atoms with Crippen LogP contribution < -0.4 is 10.5 Å². The minimum Gasteiger partial charge on any atom is -0.470 e. The fourth-order valence-corrected chi connectivity index (χ4v) is 2.62. The lowest BCUT2D eigenvalue weighted by Crippen LogP contribution is -2.42. The molecule has 1 fully saturated rings. The predicted octanol–water partition coefficient (Wildman–Crippen LogP) is 0.719. The van der Waals surface area contributed by atoms with E-state index in [2.05, 4.69) is 9.88 Å². The number of thiazole rings is 1. The van der Waals surface area contributed by atoms with Crippen LogP contribution in [-0.4, -0.2) is 42.0 Å². The first kappa shape index (κ1) is 12.3. The third kappa shape index (κ3) is 3.98.